The first-order valence-corrected chi connectivity index (χ1v) is 9.07. The number of furan rings is 1. The number of hydrogen-bond acceptors (Lipinski definition) is 4. The van der Waals surface area contributed by atoms with Gasteiger partial charge in [-0.25, -0.2) is 8.42 Å². The fourth-order valence-electron chi connectivity index (χ4n) is 3.80. The Labute approximate surface area is 120 Å². The molecule has 0 N–H and O–H groups in total. The molecule has 1 atom stereocenters. The van der Waals surface area contributed by atoms with Gasteiger partial charge in [-0.15, -0.1) is 0 Å². The van der Waals surface area contributed by atoms with Crippen LogP contribution >= 0.6 is 0 Å². The van der Waals surface area contributed by atoms with E-state index < -0.39 is 10.0 Å². The molecule has 2 saturated heterocycles. The Hall–Kier alpha value is -0.850. The molecule has 0 radical (unpaired) electrons. The summed E-state index contributed by atoms with van der Waals surface area (Å²) >= 11 is 0. The molecule has 20 heavy (non-hydrogen) atoms. The molecule has 3 rings (SSSR count). The molecule has 6 heteroatoms. The van der Waals surface area contributed by atoms with E-state index in [0.717, 1.165) is 51.1 Å². The Morgan fingerprint density at radius 2 is 2.05 bits per heavy atom. The molecule has 2 fully saturated rings. The first-order chi connectivity index (χ1) is 9.50. The Kier molecular flexibility index (Phi) is 3.64. The monoisotopic (exact) mass is 298 g/mol. The van der Waals surface area contributed by atoms with E-state index in [9.17, 15) is 8.42 Å². The van der Waals surface area contributed by atoms with Crippen LogP contribution < -0.4 is 0 Å². The maximum Gasteiger partial charge on any atom is 0.211 e. The summed E-state index contributed by atoms with van der Waals surface area (Å²) in [5.74, 6) is 0.950. The van der Waals surface area contributed by atoms with Crippen LogP contribution in [0.15, 0.2) is 22.8 Å². The second-order valence-electron chi connectivity index (χ2n) is 6.06. The Morgan fingerprint density at radius 1 is 1.30 bits per heavy atom. The number of piperidine rings is 1. The molecular formula is C14H22N2O3S. The number of hydrogen-bond donors (Lipinski definition) is 0. The van der Waals surface area contributed by atoms with Gasteiger partial charge in [-0.05, 0) is 44.4 Å². The fraction of sp³-hybridized carbons (Fsp3) is 0.714. The van der Waals surface area contributed by atoms with Gasteiger partial charge in [-0.3, -0.25) is 4.90 Å². The van der Waals surface area contributed by atoms with Crippen molar-refractivity contribution < 1.29 is 12.8 Å². The number of likely N-dealkylation sites (tertiary alicyclic amines) is 1. The minimum atomic E-state index is -3.11. The third kappa shape index (κ3) is 2.64. The van der Waals surface area contributed by atoms with E-state index >= 15 is 0 Å². The van der Waals surface area contributed by atoms with Crippen molar-refractivity contribution in [2.75, 3.05) is 25.9 Å². The van der Waals surface area contributed by atoms with Crippen molar-refractivity contribution in [2.24, 2.45) is 0 Å². The zero-order chi connectivity index (χ0) is 14.2. The van der Waals surface area contributed by atoms with Gasteiger partial charge in [0.2, 0.25) is 10.0 Å². The predicted molar refractivity (Wildman–Crippen MR) is 76.7 cm³/mol. The topological polar surface area (TPSA) is 53.8 Å². The van der Waals surface area contributed by atoms with Gasteiger partial charge >= 0.3 is 0 Å². The summed E-state index contributed by atoms with van der Waals surface area (Å²) in [6.07, 6.45) is 7.01. The third-order valence-electron chi connectivity index (χ3n) is 4.53. The highest BCUT2D eigenvalue weighted by atomic mass is 32.2. The summed E-state index contributed by atoms with van der Waals surface area (Å²) in [6, 6.07) is 3.87. The van der Waals surface area contributed by atoms with Crippen LogP contribution in [0.1, 0.15) is 31.4 Å². The third-order valence-corrected chi connectivity index (χ3v) is 5.90. The molecule has 2 aliphatic rings. The lowest BCUT2D eigenvalue weighted by atomic mass is 9.87. The Bertz CT molecular complexity index is 555. The molecule has 1 aromatic rings. The highest BCUT2D eigenvalue weighted by molar-refractivity contribution is 7.88. The summed E-state index contributed by atoms with van der Waals surface area (Å²) in [7, 11) is -3.11. The zero-order valence-corrected chi connectivity index (χ0v) is 12.7. The van der Waals surface area contributed by atoms with Crippen LogP contribution in [0.5, 0.6) is 0 Å². The summed E-state index contributed by atoms with van der Waals surface area (Å²) in [4.78, 5) is 2.33. The van der Waals surface area contributed by atoms with Crippen LogP contribution in [0, 0.1) is 0 Å². The summed E-state index contributed by atoms with van der Waals surface area (Å²) < 4.78 is 31.2. The van der Waals surface area contributed by atoms with Crippen molar-refractivity contribution in [2.45, 2.75) is 37.8 Å². The lowest BCUT2D eigenvalue weighted by Gasteiger charge is -2.44. The number of sulfonamides is 1. The van der Waals surface area contributed by atoms with E-state index in [0.29, 0.717) is 6.54 Å². The first kappa shape index (κ1) is 14.1. The molecule has 0 aromatic carbocycles. The van der Waals surface area contributed by atoms with Crippen LogP contribution in [0.25, 0.3) is 0 Å². The molecule has 0 aliphatic carbocycles. The van der Waals surface area contributed by atoms with E-state index in [4.69, 9.17) is 4.42 Å². The smallest absolute Gasteiger partial charge is 0.211 e. The zero-order valence-electron chi connectivity index (χ0n) is 11.9. The van der Waals surface area contributed by atoms with Crippen LogP contribution in [0.3, 0.4) is 0 Å². The van der Waals surface area contributed by atoms with Gasteiger partial charge in [-0.1, -0.05) is 0 Å². The average Bonchev–Trinajstić information content (AvgIpc) is 2.99. The molecule has 0 unspecified atom stereocenters. The molecule has 3 heterocycles. The van der Waals surface area contributed by atoms with Gasteiger partial charge in [0.1, 0.15) is 5.76 Å². The molecule has 0 amide bonds. The highest BCUT2D eigenvalue weighted by Crippen LogP contribution is 2.39. The van der Waals surface area contributed by atoms with Crippen LogP contribution in [0.2, 0.25) is 0 Å². The molecule has 112 valence electrons. The van der Waals surface area contributed by atoms with E-state index in [1.54, 1.807) is 10.6 Å². The van der Waals surface area contributed by atoms with E-state index in [-0.39, 0.29) is 5.54 Å². The molecular weight excluding hydrogens is 276 g/mol. The summed E-state index contributed by atoms with van der Waals surface area (Å²) in [5, 5.41) is 0. The number of rotatable bonds is 3. The van der Waals surface area contributed by atoms with Gasteiger partial charge in [0.15, 0.2) is 0 Å². The van der Waals surface area contributed by atoms with Crippen molar-refractivity contribution >= 4 is 10.0 Å². The van der Waals surface area contributed by atoms with Crippen LogP contribution in [-0.4, -0.2) is 49.1 Å². The molecule has 1 aromatic heterocycles. The lowest BCUT2D eigenvalue weighted by molar-refractivity contribution is 0.0795. The van der Waals surface area contributed by atoms with Crippen molar-refractivity contribution in [1.29, 1.82) is 0 Å². The normalized spacial score (nSPS) is 29.2. The highest BCUT2D eigenvalue weighted by Gasteiger charge is 2.47. The van der Waals surface area contributed by atoms with E-state index in [1.807, 2.05) is 12.1 Å². The number of nitrogens with zero attached hydrogens (tertiary/aromatic N) is 2. The molecule has 1 spiro atoms. The first-order valence-electron chi connectivity index (χ1n) is 7.22. The van der Waals surface area contributed by atoms with Gasteiger partial charge in [-0.2, -0.15) is 4.31 Å². The van der Waals surface area contributed by atoms with Crippen LogP contribution in [0.4, 0.5) is 0 Å². The summed E-state index contributed by atoms with van der Waals surface area (Å²) in [5.41, 5.74) is -0.182. The van der Waals surface area contributed by atoms with E-state index in [1.165, 1.54) is 6.26 Å². The summed E-state index contributed by atoms with van der Waals surface area (Å²) in [6.45, 7) is 3.28. The molecule has 0 saturated carbocycles. The minimum Gasteiger partial charge on any atom is -0.468 e. The molecule has 0 bridgehead atoms. The van der Waals surface area contributed by atoms with Gasteiger partial charge < -0.3 is 4.42 Å². The second-order valence-corrected chi connectivity index (χ2v) is 7.96. The second kappa shape index (κ2) is 5.16. The quantitative estimate of drug-likeness (QED) is 0.852. The van der Waals surface area contributed by atoms with Gasteiger partial charge in [0.25, 0.3) is 0 Å². The van der Waals surface area contributed by atoms with Crippen LogP contribution in [-0.2, 0) is 16.6 Å². The van der Waals surface area contributed by atoms with Crippen molar-refractivity contribution in [1.82, 2.24) is 9.21 Å². The van der Waals surface area contributed by atoms with Crippen molar-refractivity contribution in [3.05, 3.63) is 24.2 Å². The Morgan fingerprint density at radius 3 is 2.70 bits per heavy atom. The Balaban J connectivity index is 1.77. The lowest BCUT2D eigenvalue weighted by Crippen LogP contribution is -2.56. The average molecular weight is 298 g/mol. The van der Waals surface area contributed by atoms with E-state index in [2.05, 4.69) is 4.90 Å². The maximum absolute atomic E-state index is 12.0. The predicted octanol–water partition coefficient (Wildman–Crippen LogP) is 1.67. The fourth-order valence-corrected chi connectivity index (χ4v) is 5.21. The maximum atomic E-state index is 12.0. The molecule has 2 aliphatic heterocycles. The van der Waals surface area contributed by atoms with Gasteiger partial charge in [0, 0.05) is 18.6 Å². The molecule has 5 nitrogen and oxygen atoms in total. The van der Waals surface area contributed by atoms with Crippen molar-refractivity contribution in [3.63, 3.8) is 0 Å². The standard InChI is InChI=1S/C14H22N2O3S/c1-20(17,18)16-9-4-7-14(16)6-3-8-15(12-14)11-13-5-2-10-19-13/h2,5,10H,3-4,6-9,11-12H2,1H3/t14-/m1/s1. The largest absolute Gasteiger partial charge is 0.468 e. The van der Waals surface area contributed by atoms with Gasteiger partial charge in [0.05, 0.1) is 19.1 Å². The minimum absolute atomic E-state index is 0.182. The SMILES string of the molecule is CS(=O)(=O)N1CCC[C@@]12CCCN(Cc1ccco1)C2. The van der Waals surface area contributed by atoms with Crippen molar-refractivity contribution in [3.8, 4) is 0 Å².